The lowest BCUT2D eigenvalue weighted by molar-refractivity contribution is -0.139. The molecule has 0 aromatic rings. The minimum Gasteiger partial charge on any atom is -0.460 e. The molecule has 11 heteroatoms. The number of hydrogen-bond donors (Lipinski definition) is 0. The van der Waals surface area contributed by atoms with Gasteiger partial charge >= 0.3 is 29.3 Å². The van der Waals surface area contributed by atoms with E-state index < -0.39 is 29.3 Å². The normalized spacial score (nSPS) is 11.1. The van der Waals surface area contributed by atoms with Gasteiger partial charge in [-0.25, -0.2) is 9.59 Å². The third-order valence-electron chi connectivity index (χ3n) is 3.34. The molecular weight excluding hydrogens is 392 g/mol. The Morgan fingerprint density at radius 3 is 1.30 bits per heavy atom. The Bertz CT molecular complexity index is 492. The van der Waals surface area contributed by atoms with Crippen LogP contribution in [-0.2, 0) is 41.2 Å². The highest BCUT2D eigenvalue weighted by atomic mass is 28.4. The van der Waals surface area contributed by atoms with E-state index in [1.807, 2.05) is 6.55 Å². The van der Waals surface area contributed by atoms with Gasteiger partial charge in [-0.15, -0.1) is 0 Å². The van der Waals surface area contributed by atoms with E-state index in [0.29, 0.717) is 11.1 Å². The summed E-state index contributed by atoms with van der Waals surface area (Å²) in [6.07, 6.45) is 0.174. The van der Waals surface area contributed by atoms with Crippen LogP contribution in [0.25, 0.3) is 0 Å². The Kier molecular flexibility index (Phi) is 14.2. The molecule has 0 amide bonds. The number of ether oxygens (including phenoxy) is 2. The highest BCUT2D eigenvalue weighted by Crippen LogP contribution is 2.07. The first kappa shape index (κ1) is 27.9. The summed E-state index contributed by atoms with van der Waals surface area (Å²) >= 11 is 0. The largest absolute Gasteiger partial charge is 0.539 e. The number of carbonyl (C=O) groups excluding carboxylic acids is 2. The molecule has 9 nitrogen and oxygen atoms in total. The van der Waals surface area contributed by atoms with Crippen molar-refractivity contribution in [3.8, 4) is 0 Å². The standard InChI is InChI=1S/C8H16O5Si.C8H16O4Si/c1-7(2)8(9)13-6-14(10-3,11-4)12-5;1-7(2)8(9)12-6-13(5,10-3)11-4/h1,6H2,2-5H3;1,6H2,2-5H3. The van der Waals surface area contributed by atoms with E-state index in [2.05, 4.69) is 13.2 Å². The molecule has 0 saturated heterocycles. The van der Waals surface area contributed by atoms with Crippen molar-refractivity contribution >= 4 is 29.3 Å². The second-order valence-corrected chi connectivity index (χ2v) is 11.8. The van der Waals surface area contributed by atoms with E-state index in [-0.39, 0.29) is 12.5 Å². The smallest absolute Gasteiger partial charge is 0.460 e. The fourth-order valence-corrected chi connectivity index (χ4v) is 3.18. The average molecular weight is 425 g/mol. The van der Waals surface area contributed by atoms with Gasteiger partial charge in [0.2, 0.25) is 0 Å². The van der Waals surface area contributed by atoms with E-state index in [1.165, 1.54) is 21.3 Å². The van der Waals surface area contributed by atoms with Gasteiger partial charge in [-0.1, -0.05) is 13.2 Å². The van der Waals surface area contributed by atoms with Crippen molar-refractivity contribution in [3.05, 3.63) is 24.3 Å². The molecule has 0 saturated carbocycles. The topological polar surface area (TPSA) is 98.8 Å². The van der Waals surface area contributed by atoms with Gasteiger partial charge in [-0.2, -0.15) is 0 Å². The van der Waals surface area contributed by atoms with Gasteiger partial charge in [0.05, 0.1) is 0 Å². The average Bonchev–Trinajstić information content (AvgIpc) is 2.67. The van der Waals surface area contributed by atoms with Crippen LogP contribution in [0.15, 0.2) is 24.3 Å². The lowest BCUT2D eigenvalue weighted by atomic mass is 10.4. The van der Waals surface area contributed by atoms with Crippen LogP contribution in [0.1, 0.15) is 13.8 Å². The van der Waals surface area contributed by atoms with Crippen molar-refractivity contribution in [3.63, 3.8) is 0 Å². The molecule has 0 rings (SSSR count). The summed E-state index contributed by atoms with van der Waals surface area (Å²) in [5.74, 6) is -0.888. The molecule has 0 aliphatic carbocycles. The molecule has 0 bridgehead atoms. The molecule has 0 aromatic carbocycles. The van der Waals surface area contributed by atoms with E-state index >= 15 is 0 Å². The molecule has 27 heavy (non-hydrogen) atoms. The summed E-state index contributed by atoms with van der Waals surface area (Å²) in [5.41, 5.74) is 0.708. The zero-order chi connectivity index (χ0) is 21.7. The molecule has 0 spiro atoms. The first-order valence-electron chi connectivity index (χ1n) is 7.87. The zero-order valence-corrected chi connectivity index (χ0v) is 19.5. The first-order valence-corrected chi connectivity index (χ1v) is 12.3. The molecule has 158 valence electrons. The van der Waals surface area contributed by atoms with Crippen LogP contribution in [0.3, 0.4) is 0 Å². The summed E-state index contributed by atoms with van der Waals surface area (Å²) in [6.45, 7) is 11.9. The fourth-order valence-electron chi connectivity index (χ4n) is 1.22. The van der Waals surface area contributed by atoms with Crippen LogP contribution >= 0.6 is 0 Å². The SMILES string of the molecule is C=C(C)C(=O)OC[Si](C)(OC)OC.C=C(C)C(=O)OC[Si](OC)(OC)OC. The molecule has 0 fully saturated rings. The fraction of sp³-hybridized carbons (Fsp3) is 0.625. The second-order valence-electron chi connectivity index (χ2n) is 5.55. The predicted octanol–water partition coefficient (Wildman–Crippen LogP) is 1.53. The maximum atomic E-state index is 11.1. The highest BCUT2D eigenvalue weighted by molar-refractivity contribution is 6.66. The highest BCUT2D eigenvalue weighted by Gasteiger charge is 2.40. The van der Waals surface area contributed by atoms with Crippen LogP contribution in [-0.4, -0.2) is 77.3 Å². The van der Waals surface area contributed by atoms with Crippen molar-refractivity contribution in [2.75, 3.05) is 48.0 Å². The maximum absolute atomic E-state index is 11.1. The van der Waals surface area contributed by atoms with Crippen LogP contribution in [0.2, 0.25) is 6.55 Å². The lowest BCUT2D eigenvalue weighted by Gasteiger charge is -2.23. The van der Waals surface area contributed by atoms with Gasteiger partial charge in [-0.05, 0) is 20.4 Å². The summed E-state index contributed by atoms with van der Waals surface area (Å²) in [7, 11) is 2.35. The lowest BCUT2D eigenvalue weighted by Crippen LogP contribution is -2.48. The van der Waals surface area contributed by atoms with E-state index in [4.69, 9.17) is 31.6 Å². The van der Waals surface area contributed by atoms with Crippen molar-refractivity contribution < 1.29 is 41.2 Å². The van der Waals surface area contributed by atoms with Gasteiger partial charge in [0, 0.05) is 46.7 Å². The van der Waals surface area contributed by atoms with Gasteiger partial charge in [0.1, 0.15) is 6.23 Å². The Hall–Kier alpha value is -1.35. The number of rotatable bonds is 11. The zero-order valence-electron chi connectivity index (χ0n) is 17.5. The van der Waals surface area contributed by atoms with Crippen LogP contribution in [0.4, 0.5) is 0 Å². The van der Waals surface area contributed by atoms with E-state index in [1.54, 1.807) is 28.1 Å². The molecule has 0 aliphatic rings. The quantitative estimate of drug-likeness (QED) is 0.278. The minimum absolute atomic E-state index is 0.0117. The Morgan fingerprint density at radius 2 is 1.04 bits per heavy atom. The molecule has 0 heterocycles. The van der Waals surface area contributed by atoms with Crippen LogP contribution < -0.4 is 0 Å². The molecule has 0 radical (unpaired) electrons. The molecule has 0 aromatic heterocycles. The summed E-state index contributed by atoms with van der Waals surface area (Å²) in [6, 6.07) is 0. The van der Waals surface area contributed by atoms with Crippen molar-refractivity contribution in [2.24, 2.45) is 0 Å². The van der Waals surface area contributed by atoms with Gasteiger partial charge in [-0.3, -0.25) is 0 Å². The summed E-state index contributed by atoms with van der Waals surface area (Å²) < 4.78 is 35.2. The van der Waals surface area contributed by atoms with Crippen LogP contribution in [0.5, 0.6) is 0 Å². The van der Waals surface area contributed by atoms with Gasteiger partial charge in [0.15, 0.2) is 6.23 Å². The van der Waals surface area contributed by atoms with Crippen molar-refractivity contribution in [1.29, 1.82) is 0 Å². The predicted molar refractivity (Wildman–Crippen MR) is 104 cm³/mol. The Labute approximate surface area is 163 Å². The summed E-state index contributed by atoms with van der Waals surface area (Å²) in [4.78, 5) is 22.1. The Morgan fingerprint density at radius 1 is 0.704 bits per heavy atom. The van der Waals surface area contributed by atoms with Gasteiger partial charge in [0.25, 0.3) is 0 Å². The van der Waals surface area contributed by atoms with E-state index in [9.17, 15) is 9.59 Å². The number of hydrogen-bond acceptors (Lipinski definition) is 9. The first-order chi connectivity index (χ1) is 12.5. The van der Waals surface area contributed by atoms with Crippen LogP contribution in [0, 0.1) is 0 Å². The second kappa shape index (κ2) is 13.8. The number of carbonyl (C=O) groups is 2. The third-order valence-corrected chi connectivity index (χ3v) is 8.10. The molecule has 0 atom stereocenters. The molecule has 0 unspecified atom stereocenters. The van der Waals surface area contributed by atoms with E-state index in [0.717, 1.165) is 0 Å². The minimum atomic E-state index is -2.81. The monoisotopic (exact) mass is 424 g/mol. The third kappa shape index (κ3) is 11.2. The van der Waals surface area contributed by atoms with Crippen molar-refractivity contribution in [1.82, 2.24) is 0 Å². The molecule has 0 N–H and O–H groups in total. The maximum Gasteiger partial charge on any atom is 0.539 e. The summed E-state index contributed by atoms with van der Waals surface area (Å²) in [5, 5.41) is 0. The number of esters is 2. The van der Waals surface area contributed by atoms with Gasteiger partial charge < -0.3 is 31.6 Å². The van der Waals surface area contributed by atoms with Crippen molar-refractivity contribution in [2.45, 2.75) is 20.4 Å². The molecule has 0 aliphatic heterocycles. The molecular formula is C16H32O9Si2. The Balaban J connectivity index is 0.